The SMILES string of the molecule is Cc1cncc(CN(CCCN)C2CCCCCC2)c1. The van der Waals surface area contributed by atoms with Crippen LogP contribution in [0.4, 0.5) is 0 Å². The first-order chi connectivity index (χ1) is 9.79. The van der Waals surface area contributed by atoms with E-state index in [0.29, 0.717) is 0 Å². The average Bonchev–Trinajstić information content (AvgIpc) is 2.72. The van der Waals surface area contributed by atoms with Crippen LogP contribution in [0.25, 0.3) is 0 Å². The minimum absolute atomic E-state index is 0.740. The zero-order valence-electron chi connectivity index (χ0n) is 12.9. The fourth-order valence-electron chi connectivity index (χ4n) is 3.25. The predicted molar refractivity (Wildman–Crippen MR) is 84.5 cm³/mol. The number of aryl methyl sites for hydroxylation is 1. The van der Waals surface area contributed by atoms with Crippen LogP contribution in [0.1, 0.15) is 56.1 Å². The molecule has 2 rings (SSSR count). The molecule has 0 aromatic carbocycles. The van der Waals surface area contributed by atoms with Crippen LogP contribution in [0.15, 0.2) is 18.5 Å². The summed E-state index contributed by atoms with van der Waals surface area (Å²) in [6.45, 7) is 5.05. The third-order valence-electron chi connectivity index (χ3n) is 4.31. The van der Waals surface area contributed by atoms with Crippen molar-refractivity contribution in [3.8, 4) is 0 Å². The molecule has 2 N–H and O–H groups in total. The molecule has 0 aliphatic heterocycles. The van der Waals surface area contributed by atoms with E-state index < -0.39 is 0 Å². The minimum Gasteiger partial charge on any atom is -0.330 e. The lowest BCUT2D eigenvalue weighted by Gasteiger charge is -2.31. The van der Waals surface area contributed by atoms with Crippen molar-refractivity contribution in [2.24, 2.45) is 5.73 Å². The van der Waals surface area contributed by atoms with Gasteiger partial charge in [-0.2, -0.15) is 0 Å². The normalized spacial score (nSPS) is 17.4. The third kappa shape index (κ3) is 4.88. The van der Waals surface area contributed by atoms with Gasteiger partial charge in [-0.1, -0.05) is 31.7 Å². The number of hydrogen-bond acceptors (Lipinski definition) is 3. The van der Waals surface area contributed by atoms with Gasteiger partial charge in [0.15, 0.2) is 0 Å². The first kappa shape index (κ1) is 15.5. The van der Waals surface area contributed by atoms with E-state index in [4.69, 9.17) is 5.73 Å². The third-order valence-corrected chi connectivity index (χ3v) is 4.31. The highest BCUT2D eigenvalue weighted by molar-refractivity contribution is 5.16. The summed E-state index contributed by atoms with van der Waals surface area (Å²) in [5.41, 5.74) is 8.31. The molecule has 1 aliphatic rings. The van der Waals surface area contributed by atoms with Gasteiger partial charge in [0.25, 0.3) is 0 Å². The Kier molecular flexibility index (Phi) is 6.48. The van der Waals surface area contributed by atoms with E-state index in [1.807, 2.05) is 12.4 Å². The van der Waals surface area contributed by atoms with E-state index in [-0.39, 0.29) is 0 Å². The lowest BCUT2D eigenvalue weighted by Crippen LogP contribution is -2.36. The topological polar surface area (TPSA) is 42.2 Å². The molecule has 0 saturated heterocycles. The van der Waals surface area contributed by atoms with Crippen molar-refractivity contribution in [2.75, 3.05) is 13.1 Å². The lowest BCUT2D eigenvalue weighted by atomic mass is 10.1. The molecular weight excluding hydrogens is 246 g/mol. The maximum Gasteiger partial charge on any atom is 0.0313 e. The van der Waals surface area contributed by atoms with E-state index in [0.717, 1.165) is 32.1 Å². The summed E-state index contributed by atoms with van der Waals surface area (Å²) in [7, 11) is 0. The number of rotatable bonds is 6. The molecule has 1 fully saturated rings. The second kappa shape index (κ2) is 8.38. The van der Waals surface area contributed by atoms with Gasteiger partial charge in [0.05, 0.1) is 0 Å². The summed E-state index contributed by atoms with van der Waals surface area (Å²) in [5, 5.41) is 0. The molecule has 3 heteroatoms. The molecular formula is C17H29N3. The van der Waals surface area contributed by atoms with Gasteiger partial charge in [-0.05, 0) is 50.4 Å². The summed E-state index contributed by atoms with van der Waals surface area (Å²) >= 11 is 0. The van der Waals surface area contributed by atoms with Crippen LogP contribution >= 0.6 is 0 Å². The molecule has 1 saturated carbocycles. The Morgan fingerprint density at radius 3 is 2.60 bits per heavy atom. The molecule has 20 heavy (non-hydrogen) atoms. The fourth-order valence-corrected chi connectivity index (χ4v) is 3.25. The van der Waals surface area contributed by atoms with Crippen molar-refractivity contribution in [1.29, 1.82) is 0 Å². The van der Waals surface area contributed by atoms with Crippen LogP contribution in [0.5, 0.6) is 0 Å². The molecule has 112 valence electrons. The van der Waals surface area contributed by atoms with Crippen LogP contribution in [0.3, 0.4) is 0 Å². The van der Waals surface area contributed by atoms with Gasteiger partial charge in [0.1, 0.15) is 0 Å². The Labute approximate surface area is 123 Å². The molecule has 0 spiro atoms. The molecule has 1 aromatic rings. The highest BCUT2D eigenvalue weighted by atomic mass is 15.2. The van der Waals surface area contributed by atoms with Gasteiger partial charge in [-0.15, -0.1) is 0 Å². The van der Waals surface area contributed by atoms with E-state index in [1.54, 1.807) is 0 Å². The number of nitrogens with zero attached hydrogens (tertiary/aromatic N) is 2. The zero-order chi connectivity index (χ0) is 14.2. The Bertz CT molecular complexity index is 384. The van der Waals surface area contributed by atoms with Crippen LogP contribution in [0, 0.1) is 6.92 Å². The monoisotopic (exact) mass is 275 g/mol. The van der Waals surface area contributed by atoms with Gasteiger partial charge >= 0.3 is 0 Å². The second-order valence-corrected chi connectivity index (χ2v) is 6.13. The molecule has 1 heterocycles. The van der Waals surface area contributed by atoms with Crippen LogP contribution in [-0.4, -0.2) is 29.0 Å². The molecule has 1 aliphatic carbocycles. The molecule has 0 bridgehead atoms. The van der Waals surface area contributed by atoms with Crippen molar-refractivity contribution in [1.82, 2.24) is 9.88 Å². The van der Waals surface area contributed by atoms with Gasteiger partial charge in [0.2, 0.25) is 0 Å². The van der Waals surface area contributed by atoms with Gasteiger partial charge in [-0.3, -0.25) is 9.88 Å². The Hall–Kier alpha value is -0.930. The minimum atomic E-state index is 0.740. The molecule has 0 unspecified atom stereocenters. The zero-order valence-corrected chi connectivity index (χ0v) is 12.9. The number of hydrogen-bond donors (Lipinski definition) is 1. The summed E-state index contributed by atoms with van der Waals surface area (Å²) < 4.78 is 0. The highest BCUT2D eigenvalue weighted by Crippen LogP contribution is 2.23. The maximum absolute atomic E-state index is 5.72. The largest absolute Gasteiger partial charge is 0.330 e. The first-order valence-electron chi connectivity index (χ1n) is 8.14. The Morgan fingerprint density at radius 2 is 1.95 bits per heavy atom. The number of aromatic nitrogens is 1. The summed E-state index contributed by atoms with van der Waals surface area (Å²) in [5.74, 6) is 0. The van der Waals surface area contributed by atoms with E-state index in [1.165, 1.54) is 49.7 Å². The average molecular weight is 275 g/mol. The highest BCUT2D eigenvalue weighted by Gasteiger charge is 2.19. The number of nitrogens with two attached hydrogens (primary N) is 1. The standard InChI is InChI=1S/C17H29N3/c1-15-11-16(13-19-12-15)14-20(10-6-9-18)17-7-4-2-3-5-8-17/h11-13,17H,2-10,14,18H2,1H3. The molecule has 0 atom stereocenters. The number of pyridine rings is 1. The smallest absolute Gasteiger partial charge is 0.0313 e. The molecule has 1 aromatic heterocycles. The quantitative estimate of drug-likeness (QED) is 0.810. The van der Waals surface area contributed by atoms with Crippen LogP contribution in [-0.2, 0) is 6.54 Å². The van der Waals surface area contributed by atoms with Crippen molar-refractivity contribution < 1.29 is 0 Å². The van der Waals surface area contributed by atoms with Crippen molar-refractivity contribution >= 4 is 0 Å². The van der Waals surface area contributed by atoms with E-state index in [2.05, 4.69) is 22.9 Å². The van der Waals surface area contributed by atoms with Crippen LogP contribution in [0.2, 0.25) is 0 Å². The molecule has 3 nitrogen and oxygen atoms in total. The summed E-state index contributed by atoms with van der Waals surface area (Å²) in [6, 6.07) is 3.00. The van der Waals surface area contributed by atoms with Crippen LogP contribution < -0.4 is 5.73 Å². The second-order valence-electron chi connectivity index (χ2n) is 6.13. The maximum atomic E-state index is 5.72. The summed E-state index contributed by atoms with van der Waals surface area (Å²) in [6.07, 6.45) is 13.3. The van der Waals surface area contributed by atoms with E-state index in [9.17, 15) is 0 Å². The van der Waals surface area contributed by atoms with Gasteiger partial charge in [0, 0.05) is 25.0 Å². The first-order valence-corrected chi connectivity index (χ1v) is 8.14. The van der Waals surface area contributed by atoms with Gasteiger partial charge < -0.3 is 5.73 Å². The predicted octanol–water partition coefficient (Wildman–Crippen LogP) is 3.26. The fraction of sp³-hybridized carbons (Fsp3) is 0.706. The molecule has 0 amide bonds. The Balaban J connectivity index is 2.01. The van der Waals surface area contributed by atoms with E-state index >= 15 is 0 Å². The van der Waals surface area contributed by atoms with Crippen molar-refractivity contribution in [2.45, 2.75) is 64.5 Å². The summed E-state index contributed by atoms with van der Waals surface area (Å²) in [4.78, 5) is 6.98. The van der Waals surface area contributed by atoms with Gasteiger partial charge in [-0.25, -0.2) is 0 Å². The molecule has 0 radical (unpaired) electrons. The van der Waals surface area contributed by atoms with Crippen molar-refractivity contribution in [3.63, 3.8) is 0 Å². The van der Waals surface area contributed by atoms with Crippen molar-refractivity contribution in [3.05, 3.63) is 29.6 Å². The Morgan fingerprint density at radius 1 is 1.20 bits per heavy atom. The lowest BCUT2D eigenvalue weighted by molar-refractivity contribution is 0.169.